The van der Waals surface area contributed by atoms with Crippen molar-refractivity contribution in [1.82, 2.24) is 4.72 Å². The Morgan fingerprint density at radius 1 is 1.38 bits per heavy atom. The van der Waals surface area contributed by atoms with E-state index in [1.165, 1.54) is 6.92 Å². The third-order valence-electron chi connectivity index (χ3n) is 2.19. The van der Waals surface area contributed by atoms with Gasteiger partial charge in [0.25, 0.3) is 0 Å². The monoisotopic (exact) mass is 243 g/mol. The molecule has 0 aliphatic rings. The minimum atomic E-state index is -3.51. The number of aliphatic hydroxyl groups excluding tert-OH is 1. The molecule has 0 bridgehead atoms. The number of hydrogen-bond acceptors (Lipinski definition) is 3. The molecule has 0 unspecified atom stereocenters. The predicted molar refractivity (Wildman–Crippen MR) is 62.8 cm³/mol. The molecule has 0 amide bonds. The average molecular weight is 243 g/mol. The van der Waals surface area contributed by atoms with Gasteiger partial charge in [0.05, 0.1) is 11.0 Å². The summed E-state index contributed by atoms with van der Waals surface area (Å²) >= 11 is 0. The Kier molecular flexibility index (Phi) is 4.07. The minimum Gasteiger partial charge on any atom is -0.392 e. The van der Waals surface area contributed by atoms with Crippen molar-refractivity contribution < 1.29 is 13.5 Å². The topological polar surface area (TPSA) is 66.4 Å². The summed E-state index contributed by atoms with van der Waals surface area (Å²) in [5, 5.41) is 9.05. The zero-order valence-corrected chi connectivity index (χ0v) is 10.5. The maximum absolute atomic E-state index is 11.8. The van der Waals surface area contributed by atoms with Crippen LogP contribution in [0.5, 0.6) is 0 Å². The van der Waals surface area contributed by atoms with Crippen LogP contribution in [0.1, 0.15) is 18.1 Å². The standard InChI is InChI=1S/C11H17NO3S/c1-8-4-5-11(9(2)6-8)16(14,15)12-7-10(3)13/h4-6,10,12-13H,7H2,1-3H3/t10-/m0/s1. The fraction of sp³-hybridized carbons (Fsp3) is 0.455. The summed E-state index contributed by atoms with van der Waals surface area (Å²) in [5.41, 5.74) is 1.73. The molecule has 1 aromatic rings. The summed E-state index contributed by atoms with van der Waals surface area (Å²) < 4.78 is 26.1. The molecule has 4 nitrogen and oxygen atoms in total. The van der Waals surface area contributed by atoms with Gasteiger partial charge >= 0.3 is 0 Å². The maximum atomic E-state index is 11.8. The van der Waals surface area contributed by atoms with Crippen molar-refractivity contribution in [2.75, 3.05) is 6.54 Å². The SMILES string of the molecule is Cc1ccc(S(=O)(=O)NC[C@H](C)O)c(C)c1. The van der Waals surface area contributed by atoms with E-state index in [4.69, 9.17) is 5.11 Å². The van der Waals surface area contributed by atoms with Crippen LogP contribution >= 0.6 is 0 Å². The number of hydrogen-bond donors (Lipinski definition) is 2. The zero-order chi connectivity index (χ0) is 12.3. The van der Waals surface area contributed by atoms with Gasteiger partial charge in [0.2, 0.25) is 10.0 Å². The van der Waals surface area contributed by atoms with Gasteiger partial charge in [-0.25, -0.2) is 13.1 Å². The summed E-state index contributed by atoms with van der Waals surface area (Å²) in [6, 6.07) is 5.15. The number of sulfonamides is 1. The molecule has 0 saturated carbocycles. The molecular formula is C11H17NO3S. The molecule has 1 rings (SSSR count). The molecule has 0 spiro atoms. The Bertz CT molecular complexity index is 466. The van der Waals surface area contributed by atoms with E-state index in [9.17, 15) is 8.42 Å². The van der Waals surface area contributed by atoms with E-state index in [0.29, 0.717) is 5.56 Å². The third kappa shape index (κ3) is 3.30. The van der Waals surface area contributed by atoms with Crippen LogP contribution < -0.4 is 4.72 Å². The highest BCUT2D eigenvalue weighted by molar-refractivity contribution is 7.89. The average Bonchev–Trinajstić information content (AvgIpc) is 2.14. The van der Waals surface area contributed by atoms with Crippen LogP contribution in [0, 0.1) is 13.8 Å². The molecule has 0 radical (unpaired) electrons. The first-order valence-electron chi connectivity index (χ1n) is 5.08. The first kappa shape index (κ1) is 13.2. The second-order valence-electron chi connectivity index (χ2n) is 3.97. The maximum Gasteiger partial charge on any atom is 0.240 e. The van der Waals surface area contributed by atoms with Crippen LogP contribution in [0.4, 0.5) is 0 Å². The molecule has 90 valence electrons. The van der Waals surface area contributed by atoms with E-state index in [0.717, 1.165) is 5.56 Å². The number of aryl methyl sites for hydroxylation is 2. The van der Waals surface area contributed by atoms with Gasteiger partial charge < -0.3 is 5.11 Å². The quantitative estimate of drug-likeness (QED) is 0.828. The molecule has 0 fully saturated rings. The number of benzene rings is 1. The number of aliphatic hydroxyl groups is 1. The fourth-order valence-electron chi connectivity index (χ4n) is 1.41. The third-order valence-corrected chi connectivity index (χ3v) is 3.77. The molecule has 2 N–H and O–H groups in total. The van der Waals surface area contributed by atoms with Crippen molar-refractivity contribution in [3.05, 3.63) is 29.3 Å². The van der Waals surface area contributed by atoms with Crippen molar-refractivity contribution in [2.45, 2.75) is 31.8 Å². The second kappa shape index (κ2) is 4.95. The Labute approximate surface area is 96.4 Å². The Morgan fingerprint density at radius 3 is 2.50 bits per heavy atom. The van der Waals surface area contributed by atoms with Crippen molar-refractivity contribution in [1.29, 1.82) is 0 Å². The van der Waals surface area contributed by atoms with Crippen molar-refractivity contribution in [3.8, 4) is 0 Å². The number of rotatable bonds is 4. The zero-order valence-electron chi connectivity index (χ0n) is 9.69. The highest BCUT2D eigenvalue weighted by Crippen LogP contribution is 2.15. The van der Waals surface area contributed by atoms with Crippen LogP contribution in [0.3, 0.4) is 0 Å². The predicted octanol–water partition coefficient (Wildman–Crippen LogP) is 0.963. The highest BCUT2D eigenvalue weighted by atomic mass is 32.2. The van der Waals surface area contributed by atoms with Crippen LogP contribution in [-0.4, -0.2) is 26.2 Å². The van der Waals surface area contributed by atoms with Gasteiger partial charge in [0.15, 0.2) is 0 Å². The molecule has 0 aliphatic heterocycles. The smallest absolute Gasteiger partial charge is 0.240 e. The summed E-state index contributed by atoms with van der Waals surface area (Å²) in [5.74, 6) is 0. The van der Waals surface area contributed by atoms with Crippen LogP contribution in [0.2, 0.25) is 0 Å². The molecule has 0 aliphatic carbocycles. The molecule has 5 heteroatoms. The fourth-order valence-corrected chi connectivity index (χ4v) is 2.76. The lowest BCUT2D eigenvalue weighted by Gasteiger charge is -2.10. The molecule has 0 saturated heterocycles. The van der Waals surface area contributed by atoms with Gasteiger partial charge in [0.1, 0.15) is 0 Å². The van der Waals surface area contributed by atoms with E-state index < -0.39 is 16.1 Å². The molecule has 0 heterocycles. The van der Waals surface area contributed by atoms with Crippen LogP contribution in [0.15, 0.2) is 23.1 Å². The van der Waals surface area contributed by atoms with Gasteiger partial charge in [-0.2, -0.15) is 0 Å². The van der Waals surface area contributed by atoms with E-state index >= 15 is 0 Å². The summed E-state index contributed by atoms with van der Waals surface area (Å²) in [4.78, 5) is 0.263. The lowest BCUT2D eigenvalue weighted by Crippen LogP contribution is -2.31. The van der Waals surface area contributed by atoms with E-state index in [-0.39, 0.29) is 11.4 Å². The summed E-state index contributed by atoms with van der Waals surface area (Å²) in [7, 11) is -3.51. The van der Waals surface area contributed by atoms with E-state index in [1.807, 2.05) is 13.0 Å². The summed E-state index contributed by atoms with van der Waals surface area (Å²) in [6.07, 6.45) is -0.694. The first-order valence-corrected chi connectivity index (χ1v) is 6.56. The Hall–Kier alpha value is -0.910. The van der Waals surface area contributed by atoms with E-state index in [2.05, 4.69) is 4.72 Å². The Morgan fingerprint density at radius 2 is 2.00 bits per heavy atom. The second-order valence-corrected chi connectivity index (χ2v) is 5.71. The van der Waals surface area contributed by atoms with Gasteiger partial charge in [0, 0.05) is 6.54 Å². The molecular weight excluding hydrogens is 226 g/mol. The lowest BCUT2D eigenvalue weighted by molar-refractivity contribution is 0.198. The lowest BCUT2D eigenvalue weighted by atomic mass is 10.2. The normalized spacial score (nSPS) is 13.8. The van der Waals surface area contributed by atoms with Gasteiger partial charge in [-0.3, -0.25) is 0 Å². The molecule has 1 aromatic carbocycles. The number of nitrogens with one attached hydrogen (secondary N) is 1. The van der Waals surface area contributed by atoms with Crippen LogP contribution in [0.25, 0.3) is 0 Å². The van der Waals surface area contributed by atoms with Crippen molar-refractivity contribution in [2.24, 2.45) is 0 Å². The Balaban J connectivity index is 2.99. The van der Waals surface area contributed by atoms with Gasteiger partial charge in [-0.05, 0) is 32.4 Å². The summed E-state index contributed by atoms with van der Waals surface area (Å²) in [6.45, 7) is 5.22. The molecule has 16 heavy (non-hydrogen) atoms. The highest BCUT2D eigenvalue weighted by Gasteiger charge is 2.16. The van der Waals surface area contributed by atoms with E-state index in [1.54, 1.807) is 19.1 Å². The van der Waals surface area contributed by atoms with Crippen LogP contribution in [-0.2, 0) is 10.0 Å². The molecule has 0 aromatic heterocycles. The minimum absolute atomic E-state index is 0.0235. The van der Waals surface area contributed by atoms with Crippen molar-refractivity contribution >= 4 is 10.0 Å². The van der Waals surface area contributed by atoms with Gasteiger partial charge in [-0.1, -0.05) is 17.7 Å². The largest absolute Gasteiger partial charge is 0.392 e. The van der Waals surface area contributed by atoms with Gasteiger partial charge in [-0.15, -0.1) is 0 Å². The van der Waals surface area contributed by atoms with Crippen molar-refractivity contribution in [3.63, 3.8) is 0 Å². The molecule has 1 atom stereocenters. The first-order chi connectivity index (χ1) is 7.33.